The van der Waals surface area contributed by atoms with E-state index in [9.17, 15) is 0 Å². The predicted octanol–water partition coefficient (Wildman–Crippen LogP) is 1.28. The lowest BCUT2D eigenvalue weighted by molar-refractivity contribution is 0.0807. The van der Waals surface area contributed by atoms with Crippen LogP contribution in [-0.2, 0) is 9.47 Å². The summed E-state index contributed by atoms with van der Waals surface area (Å²) in [7, 11) is 3.48. The highest BCUT2D eigenvalue weighted by Gasteiger charge is 2.21. The second kappa shape index (κ2) is 8.64. The fourth-order valence-corrected chi connectivity index (χ4v) is 1.93. The van der Waals surface area contributed by atoms with Crippen molar-refractivity contribution in [1.82, 2.24) is 10.2 Å². The van der Waals surface area contributed by atoms with E-state index in [0.29, 0.717) is 6.04 Å². The minimum absolute atomic E-state index is 0.392. The van der Waals surface area contributed by atoms with Crippen LogP contribution in [0.2, 0.25) is 0 Å². The summed E-state index contributed by atoms with van der Waals surface area (Å²) in [6.07, 6.45) is 2.64. The summed E-state index contributed by atoms with van der Waals surface area (Å²) in [5, 5.41) is 3.50. The number of methoxy groups -OCH3 is 2. The first-order valence-corrected chi connectivity index (χ1v) is 6.79. The van der Waals surface area contributed by atoms with E-state index in [4.69, 9.17) is 9.47 Å². The Hall–Kier alpha value is -0.420. The van der Waals surface area contributed by atoms with Gasteiger partial charge in [0.2, 0.25) is 0 Å². The van der Waals surface area contributed by atoms with Crippen molar-refractivity contribution >= 4 is 0 Å². The van der Waals surface area contributed by atoms with Crippen LogP contribution in [0.4, 0.5) is 0 Å². The molecule has 0 bridgehead atoms. The lowest BCUT2D eigenvalue weighted by Crippen LogP contribution is -2.40. The molecule has 4 heteroatoms. The van der Waals surface area contributed by atoms with Crippen molar-refractivity contribution in [3.63, 3.8) is 0 Å². The van der Waals surface area contributed by atoms with Gasteiger partial charge in [-0.15, -0.1) is 0 Å². The van der Waals surface area contributed by atoms with Crippen molar-refractivity contribution in [3.8, 4) is 0 Å². The number of ether oxygens (including phenoxy) is 2. The molecule has 106 valence electrons. The Morgan fingerprint density at radius 1 is 1.39 bits per heavy atom. The zero-order chi connectivity index (χ0) is 13.4. The molecule has 1 fully saturated rings. The summed E-state index contributed by atoms with van der Waals surface area (Å²) in [4.78, 5) is 2.36. The highest BCUT2D eigenvalue weighted by molar-refractivity contribution is 5.02. The molecule has 0 amide bonds. The first kappa shape index (κ1) is 15.6. The molecule has 0 spiro atoms. The molecule has 0 aliphatic heterocycles. The Morgan fingerprint density at radius 2 is 2.11 bits per heavy atom. The largest absolute Gasteiger partial charge is 0.383 e. The summed E-state index contributed by atoms with van der Waals surface area (Å²) in [5.74, 6) is 0. The van der Waals surface area contributed by atoms with Gasteiger partial charge in [-0.25, -0.2) is 0 Å². The van der Waals surface area contributed by atoms with Crippen LogP contribution >= 0.6 is 0 Å². The van der Waals surface area contributed by atoms with E-state index in [1.807, 2.05) is 0 Å². The Bertz CT molecular complexity index is 242. The molecule has 1 N–H and O–H groups in total. The van der Waals surface area contributed by atoms with Crippen molar-refractivity contribution in [3.05, 3.63) is 12.2 Å². The van der Waals surface area contributed by atoms with Gasteiger partial charge in [0.15, 0.2) is 0 Å². The zero-order valence-electron chi connectivity index (χ0n) is 12.1. The Kier molecular flexibility index (Phi) is 7.51. The fourth-order valence-electron chi connectivity index (χ4n) is 1.93. The summed E-state index contributed by atoms with van der Waals surface area (Å²) in [6, 6.07) is 1.13. The average Bonchev–Trinajstić information content (AvgIpc) is 3.16. The lowest BCUT2D eigenvalue weighted by atomic mass is 10.2. The molecule has 0 heterocycles. The molecule has 1 aliphatic rings. The van der Waals surface area contributed by atoms with Crippen LogP contribution in [0.15, 0.2) is 12.2 Å². The fraction of sp³-hybridized carbons (Fsp3) is 0.857. The summed E-state index contributed by atoms with van der Waals surface area (Å²) in [5.41, 5.74) is 1.24. The van der Waals surface area contributed by atoms with Gasteiger partial charge >= 0.3 is 0 Å². The van der Waals surface area contributed by atoms with E-state index in [1.54, 1.807) is 14.2 Å². The molecule has 0 aromatic rings. The number of hydrogen-bond donors (Lipinski definition) is 1. The smallest absolute Gasteiger partial charge is 0.0615 e. The van der Waals surface area contributed by atoms with Crippen molar-refractivity contribution in [2.45, 2.75) is 31.8 Å². The van der Waals surface area contributed by atoms with Gasteiger partial charge in [0.25, 0.3) is 0 Å². The maximum absolute atomic E-state index is 5.23. The van der Waals surface area contributed by atoms with Crippen LogP contribution < -0.4 is 5.32 Å². The van der Waals surface area contributed by atoms with Crippen molar-refractivity contribution < 1.29 is 9.47 Å². The maximum atomic E-state index is 5.23. The zero-order valence-corrected chi connectivity index (χ0v) is 12.1. The van der Waals surface area contributed by atoms with Crippen LogP contribution in [0.1, 0.15) is 19.8 Å². The van der Waals surface area contributed by atoms with Gasteiger partial charge in [0.1, 0.15) is 0 Å². The number of rotatable bonds is 11. The Labute approximate surface area is 111 Å². The van der Waals surface area contributed by atoms with E-state index in [2.05, 4.69) is 23.7 Å². The van der Waals surface area contributed by atoms with E-state index < -0.39 is 0 Å². The Morgan fingerprint density at radius 3 is 2.67 bits per heavy atom. The van der Waals surface area contributed by atoms with Gasteiger partial charge in [0.05, 0.1) is 13.2 Å². The first-order valence-electron chi connectivity index (χ1n) is 6.79. The van der Waals surface area contributed by atoms with Gasteiger partial charge < -0.3 is 14.8 Å². The predicted molar refractivity (Wildman–Crippen MR) is 75.0 cm³/mol. The number of nitrogens with one attached hydrogen (secondary N) is 1. The molecule has 0 radical (unpaired) electrons. The molecule has 1 saturated carbocycles. The third kappa shape index (κ3) is 6.50. The van der Waals surface area contributed by atoms with E-state index >= 15 is 0 Å². The van der Waals surface area contributed by atoms with Gasteiger partial charge in [-0.05, 0) is 25.3 Å². The third-order valence-corrected chi connectivity index (χ3v) is 3.26. The van der Waals surface area contributed by atoms with E-state index in [-0.39, 0.29) is 0 Å². The van der Waals surface area contributed by atoms with Gasteiger partial charge in [-0.1, -0.05) is 6.58 Å². The Balaban J connectivity index is 2.29. The summed E-state index contributed by atoms with van der Waals surface area (Å²) in [6.45, 7) is 10.6. The molecule has 0 saturated heterocycles. The molecule has 1 unspecified atom stereocenters. The summed E-state index contributed by atoms with van der Waals surface area (Å²) < 4.78 is 10.4. The topological polar surface area (TPSA) is 33.7 Å². The van der Waals surface area contributed by atoms with Crippen molar-refractivity contribution in [1.29, 1.82) is 0 Å². The molecular weight excluding hydrogens is 228 g/mol. The minimum atomic E-state index is 0.392. The quantitative estimate of drug-likeness (QED) is 0.565. The SMILES string of the molecule is C=C(CNC1CC1)CN(CCOC)C(C)COC. The molecule has 18 heavy (non-hydrogen) atoms. The van der Waals surface area contributed by atoms with Gasteiger partial charge in [0, 0.05) is 45.9 Å². The molecule has 4 nitrogen and oxygen atoms in total. The van der Waals surface area contributed by atoms with E-state index in [1.165, 1.54) is 18.4 Å². The van der Waals surface area contributed by atoms with Crippen LogP contribution in [0, 0.1) is 0 Å². The highest BCUT2D eigenvalue weighted by atomic mass is 16.5. The standard InChI is InChI=1S/C14H28N2O2/c1-12(9-15-14-5-6-14)10-16(7-8-17-3)13(2)11-18-4/h13-15H,1,5-11H2,2-4H3. The molecule has 0 aromatic carbocycles. The molecule has 1 rings (SSSR count). The third-order valence-electron chi connectivity index (χ3n) is 3.26. The van der Waals surface area contributed by atoms with Gasteiger partial charge in [-0.3, -0.25) is 4.90 Å². The highest BCUT2D eigenvalue weighted by Crippen LogP contribution is 2.18. The lowest BCUT2D eigenvalue weighted by Gasteiger charge is -2.29. The van der Waals surface area contributed by atoms with Crippen molar-refractivity contribution in [2.24, 2.45) is 0 Å². The van der Waals surface area contributed by atoms with Crippen LogP contribution in [0.5, 0.6) is 0 Å². The number of nitrogens with zero attached hydrogens (tertiary/aromatic N) is 1. The molecule has 1 aliphatic carbocycles. The normalized spacial score (nSPS) is 17.1. The monoisotopic (exact) mass is 256 g/mol. The minimum Gasteiger partial charge on any atom is -0.383 e. The van der Waals surface area contributed by atoms with Gasteiger partial charge in [-0.2, -0.15) is 0 Å². The maximum Gasteiger partial charge on any atom is 0.0615 e. The molecule has 1 atom stereocenters. The second-order valence-electron chi connectivity index (χ2n) is 5.17. The first-order chi connectivity index (χ1) is 8.67. The van der Waals surface area contributed by atoms with Crippen LogP contribution in [0.25, 0.3) is 0 Å². The van der Waals surface area contributed by atoms with Crippen LogP contribution in [-0.4, -0.2) is 64.1 Å². The number of hydrogen-bond acceptors (Lipinski definition) is 4. The molecular formula is C14H28N2O2. The van der Waals surface area contributed by atoms with E-state index in [0.717, 1.165) is 38.9 Å². The van der Waals surface area contributed by atoms with Crippen LogP contribution in [0.3, 0.4) is 0 Å². The second-order valence-corrected chi connectivity index (χ2v) is 5.17. The molecule has 0 aromatic heterocycles. The summed E-state index contributed by atoms with van der Waals surface area (Å²) >= 11 is 0. The average molecular weight is 256 g/mol. The van der Waals surface area contributed by atoms with Crippen molar-refractivity contribution in [2.75, 3.05) is 47.1 Å².